The lowest BCUT2D eigenvalue weighted by atomic mass is 10.1. The quantitative estimate of drug-likeness (QED) is 0.779. The van der Waals surface area contributed by atoms with Crippen molar-refractivity contribution >= 4 is 11.6 Å². The molecule has 0 heterocycles. The molecule has 0 fully saturated rings. The monoisotopic (exact) mass is 282 g/mol. The van der Waals surface area contributed by atoms with Crippen molar-refractivity contribution < 1.29 is 23.0 Å². The van der Waals surface area contributed by atoms with Crippen LogP contribution in [0.4, 0.5) is 13.2 Å². The maximum atomic E-state index is 13.1. The normalized spacial score (nSPS) is 13.0. The van der Waals surface area contributed by atoms with Gasteiger partial charge in [-0.15, -0.1) is 0 Å². The average molecular weight is 283 g/mol. The number of halogens is 4. The van der Waals surface area contributed by atoms with Crippen molar-refractivity contribution in [3.05, 3.63) is 34.6 Å². The minimum Gasteiger partial charge on any atom is -0.393 e. The molecular weight excluding hydrogens is 269 g/mol. The van der Waals surface area contributed by atoms with E-state index in [0.29, 0.717) is 5.56 Å². The summed E-state index contributed by atoms with van der Waals surface area (Å²) in [5.41, 5.74) is 0.484. The van der Waals surface area contributed by atoms with Crippen LogP contribution in [0.25, 0.3) is 0 Å². The summed E-state index contributed by atoms with van der Waals surface area (Å²) in [6.45, 7) is -0.619. The van der Waals surface area contributed by atoms with E-state index >= 15 is 0 Å². The Bertz CT molecular complexity index is 374. The number of alkyl halides is 2. The predicted molar refractivity (Wildman–Crippen MR) is 62.6 cm³/mol. The summed E-state index contributed by atoms with van der Waals surface area (Å²) >= 11 is 5.72. The van der Waals surface area contributed by atoms with Crippen LogP contribution in [0, 0.1) is 5.82 Å². The third kappa shape index (κ3) is 5.25. The van der Waals surface area contributed by atoms with Crippen molar-refractivity contribution in [3.63, 3.8) is 0 Å². The molecule has 2 nitrogen and oxygen atoms in total. The van der Waals surface area contributed by atoms with Gasteiger partial charge in [0.15, 0.2) is 0 Å². The van der Waals surface area contributed by atoms with Crippen LogP contribution in [0.5, 0.6) is 0 Å². The molecule has 0 aromatic heterocycles. The third-order valence-corrected chi connectivity index (χ3v) is 2.75. The minimum absolute atomic E-state index is 0.0231. The van der Waals surface area contributed by atoms with Gasteiger partial charge in [0.05, 0.1) is 11.1 Å². The molecule has 1 rings (SSSR count). The highest BCUT2D eigenvalue weighted by Gasteiger charge is 2.11. The van der Waals surface area contributed by atoms with Crippen molar-refractivity contribution in [2.75, 3.05) is 13.2 Å². The van der Waals surface area contributed by atoms with E-state index in [4.69, 9.17) is 11.6 Å². The van der Waals surface area contributed by atoms with E-state index in [2.05, 4.69) is 4.74 Å². The van der Waals surface area contributed by atoms with Gasteiger partial charge in [0.2, 0.25) is 0 Å². The van der Waals surface area contributed by atoms with Crippen LogP contribution in [0.15, 0.2) is 18.2 Å². The Labute approximate surface area is 108 Å². The van der Waals surface area contributed by atoms with Gasteiger partial charge in [-0.3, -0.25) is 0 Å². The fourth-order valence-electron chi connectivity index (χ4n) is 1.45. The van der Waals surface area contributed by atoms with Crippen LogP contribution in [-0.4, -0.2) is 30.8 Å². The van der Waals surface area contributed by atoms with Gasteiger partial charge in [0.1, 0.15) is 12.4 Å². The number of rotatable bonds is 7. The molecule has 0 saturated heterocycles. The second kappa shape index (κ2) is 7.61. The molecule has 1 N–H and O–H groups in total. The molecule has 0 aliphatic heterocycles. The van der Waals surface area contributed by atoms with E-state index < -0.39 is 25.0 Å². The average Bonchev–Trinajstić information content (AvgIpc) is 2.30. The Hall–Kier alpha value is -0.780. The van der Waals surface area contributed by atoms with Gasteiger partial charge in [0, 0.05) is 13.0 Å². The summed E-state index contributed by atoms with van der Waals surface area (Å²) in [6.07, 6.45) is -2.96. The first kappa shape index (κ1) is 15.3. The molecule has 0 aliphatic carbocycles. The lowest BCUT2D eigenvalue weighted by Crippen LogP contribution is -2.15. The second-order valence-corrected chi connectivity index (χ2v) is 4.20. The molecule has 0 aliphatic rings. The molecule has 0 saturated carbocycles. The Morgan fingerprint density at radius 3 is 2.72 bits per heavy atom. The molecule has 0 spiro atoms. The maximum absolute atomic E-state index is 13.1. The third-order valence-electron chi connectivity index (χ3n) is 2.33. The van der Waals surface area contributed by atoms with Crippen LogP contribution in [0.3, 0.4) is 0 Å². The van der Waals surface area contributed by atoms with Crippen LogP contribution < -0.4 is 0 Å². The van der Waals surface area contributed by atoms with Gasteiger partial charge in [-0.1, -0.05) is 23.7 Å². The lowest BCUT2D eigenvalue weighted by Gasteiger charge is -2.12. The first-order chi connectivity index (χ1) is 8.50. The fraction of sp³-hybridized carbons (Fsp3) is 0.500. The smallest absolute Gasteiger partial charge is 0.261 e. The Morgan fingerprint density at radius 2 is 2.06 bits per heavy atom. The Balaban J connectivity index is 2.35. The largest absolute Gasteiger partial charge is 0.393 e. The highest BCUT2D eigenvalue weighted by Crippen LogP contribution is 2.21. The van der Waals surface area contributed by atoms with Crippen molar-refractivity contribution in [2.45, 2.75) is 25.4 Å². The number of hydrogen-bond acceptors (Lipinski definition) is 2. The molecule has 0 bridgehead atoms. The molecule has 1 aromatic carbocycles. The van der Waals surface area contributed by atoms with Gasteiger partial charge in [0.25, 0.3) is 6.43 Å². The van der Waals surface area contributed by atoms with E-state index in [1.54, 1.807) is 6.07 Å². The zero-order valence-electron chi connectivity index (χ0n) is 9.58. The molecule has 1 atom stereocenters. The molecule has 102 valence electrons. The van der Waals surface area contributed by atoms with Crippen molar-refractivity contribution in [2.24, 2.45) is 0 Å². The highest BCUT2D eigenvalue weighted by atomic mass is 35.5. The highest BCUT2D eigenvalue weighted by molar-refractivity contribution is 6.31. The SMILES string of the molecule is OC(CCOCC(F)F)Cc1cccc(F)c1Cl. The van der Waals surface area contributed by atoms with Crippen molar-refractivity contribution in [1.29, 1.82) is 0 Å². The molecule has 18 heavy (non-hydrogen) atoms. The number of benzene rings is 1. The Kier molecular flexibility index (Phi) is 6.46. The predicted octanol–water partition coefficient (Wildman–Crippen LogP) is 3.05. The van der Waals surface area contributed by atoms with Crippen LogP contribution in [-0.2, 0) is 11.2 Å². The molecule has 6 heteroatoms. The summed E-state index contributed by atoms with van der Waals surface area (Å²) in [7, 11) is 0. The molecule has 0 radical (unpaired) electrons. The molecule has 1 unspecified atom stereocenters. The van der Waals surface area contributed by atoms with Crippen molar-refractivity contribution in [3.8, 4) is 0 Å². The van der Waals surface area contributed by atoms with E-state index in [-0.39, 0.29) is 24.5 Å². The number of aliphatic hydroxyl groups is 1. The summed E-state index contributed by atoms with van der Waals surface area (Å²) in [5, 5.41) is 9.61. The topological polar surface area (TPSA) is 29.5 Å². The van der Waals surface area contributed by atoms with E-state index in [1.807, 2.05) is 0 Å². The van der Waals surface area contributed by atoms with Gasteiger partial charge in [-0.2, -0.15) is 0 Å². The number of aliphatic hydroxyl groups excluding tert-OH is 1. The van der Waals surface area contributed by atoms with Crippen LogP contribution >= 0.6 is 11.6 Å². The van der Waals surface area contributed by atoms with E-state index in [1.165, 1.54) is 12.1 Å². The summed E-state index contributed by atoms with van der Waals surface area (Å²) in [6, 6.07) is 4.33. The van der Waals surface area contributed by atoms with Gasteiger partial charge in [-0.25, -0.2) is 13.2 Å². The zero-order valence-corrected chi connectivity index (χ0v) is 10.3. The number of hydrogen-bond donors (Lipinski definition) is 1. The molecule has 1 aromatic rings. The minimum atomic E-state index is -2.51. The first-order valence-corrected chi connectivity index (χ1v) is 5.85. The standard InChI is InChI=1S/C12H14ClF3O2/c13-12-8(2-1-3-10(12)14)6-9(17)4-5-18-7-11(15)16/h1-3,9,11,17H,4-7H2. The van der Waals surface area contributed by atoms with Gasteiger partial charge < -0.3 is 9.84 Å². The number of ether oxygens (including phenoxy) is 1. The molecule has 0 amide bonds. The lowest BCUT2D eigenvalue weighted by molar-refractivity contribution is 0.00512. The van der Waals surface area contributed by atoms with E-state index in [0.717, 1.165) is 0 Å². The molecular formula is C12H14ClF3O2. The van der Waals surface area contributed by atoms with Crippen LogP contribution in [0.1, 0.15) is 12.0 Å². The van der Waals surface area contributed by atoms with E-state index in [9.17, 15) is 18.3 Å². The van der Waals surface area contributed by atoms with Crippen LogP contribution in [0.2, 0.25) is 5.02 Å². The van der Waals surface area contributed by atoms with Gasteiger partial charge >= 0.3 is 0 Å². The summed E-state index contributed by atoms with van der Waals surface area (Å²) in [5.74, 6) is -0.546. The second-order valence-electron chi connectivity index (χ2n) is 3.83. The zero-order chi connectivity index (χ0) is 13.5. The Morgan fingerprint density at radius 1 is 1.33 bits per heavy atom. The van der Waals surface area contributed by atoms with Crippen molar-refractivity contribution in [1.82, 2.24) is 0 Å². The summed E-state index contributed by atoms with van der Waals surface area (Å²) < 4.78 is 41.3. The maximum Gasteiger partial charge on any atom is 0.261 e. The summed E-state index contributed by atoms with van der Waals surface area (Å²) in [4.78, 5) is 0. The fourth-order valence-corrected chi connectivity index (χ4v) is 1.66. The van der Waals surface area contributed by atoms with Gasteiger partial charge in [-0.05, 0) is 18.1 Å². The first-order valence-electron chi connectivity index (χ1n) is 5.47.